The van der Waals surface area contributed by atoms with E-state index in [1.165, 1.54) is 0 Å². The van der Waals surface area contributed by atoms with Crippen LogP contribution in [0.3, 0.4) is 0 Å². The molecule has 1 amide bonds. The van der Waals surface area contributed by atoms with Crippen molar-refractivity contribution in [3.63, 3.8) is 0 Å². The fourth-order valence-electron chi connectivity index (χ4n) is 2.41. The van der Waals surface area contributed by atoms with Gasteiger partial charge in [-0.25, -0.2) is 4.98 Å². The van der Waals surface area contributed by atoms with Gasteiger partial charge in [-0.2, -0.15) is 0 Å². The van der Waals surface area contributed by atoms with Crippen molar-refractivity contribution in [2.24, 2.45) is 11.7 Å². The average Bonchev–Trinajstić information content (AvgIpc) is 3.27. The van der Waals surface area contributed by atoms with E-state index in [9.17, 15) is 4.79 Å². The van der Waals surface area contributed by atoms with Crippen LogP contribution in [0.4, 0.5) is 0 Å². The lowest BCUT2D eigenvalue weighted by molar-refractivity contribution is 0.0905. The molecule has 2 aromatic rings. The average molecular weight is 322 g/mol. The number of aromatic nitrogens is 1. The van der Waals surface area contributed by atoms with Crippen LogP contribution in [0.2, 0.25) is 0 Å². The molecule has 1 saturated carbocycles. The summed E-state index contributed by atoms with van der Waals surface area (Å²) in [5, 5.41) is 2.95. The van der Waals surface area contributed by atoms with Gasteiger partial charge in [-0.3, -0.25) is 4.79 Å². The molecule has 1 unspecified atom stereocenters. The SMILES string of the molecule is Cc1nc(-c2ccccc2)oc1C(=O)NC(CN)C1CC1.Cl. The van der Waals surface area contributed by atoms with Gasteiger partial charge in [0, 0.05) is 18.2 Å². The number of halogens is 1. The van der Waals surface area contributed by atoms with E-state index in [0.29, 0.717) is 24.0 Å². The predicted molar refractivity (Wildman–Crippen MR) is 87.0 cm³/mol. The first-order valence-electron chi connectivity index (χ1n) is 7.23. The number of carbonyl (C=O) groups is 1. The number of aryl methyl sites for hydroxylation is 1. The zero-order valence-corrected chi connectivity index (χ0v) is 13.2. The lowest BCUT2D eigenvalue weighted by Gasteiger charge is -2.14. The molecule has 1 fully saturated rings. The van der Waals surface area contributed by atoms with Gasteiger partial charge in [0.2, 0.25) is 11.7 Å². The van der Waals surface area contributed by atoms with Crippen LogP contribution in [0, 0.1) is 12.8 Å². The smallest absolute Gasteiger partial charge is 0.289 e. The molecule has 118 valence electrons. The number of rotatable bonds is 5. The van der Waals surface area contributed by atoms with Crippen LogP contribution in [0.1, 0.15) is 29.1 Å². The molecule has 0 aliphatic heterocycles. The van der Waals surface area contributed by atoms with Crippen LogP contribution >= 0.6 is 12.4 Å². The summed E-state index contributed by atoms with van der Waals surface area (Å²) in [5.74, 6) is 1.02. The molecule has 1 aromatic carbocycles. The maximum absolute atomic E-state index is 12.3. The van der Waals surface area contributed by atoms with Gasteiger partial charge in [-0.1, -0.05) is 18.2 Å². The number of nitrogens with two attached hydrogens (primary N) is 1. The summed E-state index contributed by atoms with van der Waals surface area (Å²) in [6.45, 7) is 2.23. The van der Waals surface area contributed by atoms with Crippen LogP contribution < -0.4 is 11.1 Å². The monoisotopic (exact) mass is 321 g/mol. The van der Waals surface area contributed by atoms with Gasteiger partial charge in [-0.05, 0) is 37.8 Å². The second-order valence-corrected chi connectivity index (χ2v) is 5.45. The van der Waals surface area contributed by atoms with Crippen LogP contribution in [0.15, 0.2) is 34.7 Å². The molecule has 22 heavy (non-hydrogen) atoms. The second-order valence-electron chi connectivity index (χ2n) is 5.45. The molecule has 1 heterocycles. The minimum Gasteiger partial charge on any atom is -0.431 e. The normalized spacial score (nSPS) is 15.0. The van der Waals surface area contributed by atoms with E-state index >= 15 is 0 Å². The fraction of sp³-hybridized carbons (Fsp3) is 0.375. The van der Waals surface area contributed by atoms with Gasteiger partial charge in [-0.15, -0.1) is 12.4 Å². The minimum absolute atomic E-state index is 0. The Hall–Kier alpha value is -1.85. The maximum Gasteiger partial charge on any atom is 0.289 e. The van der Waals surface area contributed by atoms with Gasteiger partial charge in [0.25, 0.3) is 5.91 Å². The summed E-state index contributed by atoms with van der Waals surface area (Å²) < 4.78 is 5.64. The number of oxazole rings is 1. The summed E-state index contributed by atoms with van der Waals surface area (Å²) in [6, 6.07) is 9.58. The lowest BCUT2D eigenvalue weighted by Crippen LogP contribution is -2.41. The first kappa shape index (κ1) is 16.5. The Labute approximate surface area is 135 Å². The molecule has 3 rings (SSSR count). The highest BCUT2D eigenvalue weighted by molar-refractivity contribution is 5.93. The van der Waals surface area contributed by atoms with Gasteiger partial charge in [0.15, 0.2) is 0 Å². The predicted octanol–water partition coefficient (Wildman–Crippen LogP) is 2.54. The minimum atomic E-state index is -0.232. The number of hydrogen-bond acceptors (Lipinski definition) is 4. The first-order valence-corrected chi connectivity index (χ1v) is 7.23. The van der Waals surface area contributed by atoms with Crippen molar-refractivity contribution in [2.75, 3.05) is 6.54 Å². The molecule has 6 heteroatoms. The molecule has 5 nitrogen and oxygen atoms in total. The van der Waals surface area contributed by atoms with Gasteiger partial charge < -0.3 is 15.5 Å². The van der Waals surface area contributed by atoms with Crippen molar-refractivity contribution in [3.8, 4) is 11.5 Å². The largest absolute Gasteiger partial charge is 0.431 e. The highest BCUT2D eigenvalue weighted by Crippen LogP contribution is 2.32. The third-order valence-electron chi connectivity index (χ3n) is 3.79. The number of nitrogens with one attached hydrogen (secondary N) is 1. The molecule has 3 N–H and O–H groups in total. The molecule has 1 atom stereocenters. The number of hydrogen-bond donors (Lipinski definition) is 2. The van der Waals surface area contributed by atoms with Crippen molar-refractivity contribution in [1.82, 2.24) is 10.3 Å². The van der Waals surface area contributed by atoms with E-state index in [1.54, 1.807) is 6.92 Å². The summed E-state index contributed by atoms with van der Waals surface area (Å²) in [5.41, 5.74) is 7.17. The Morgan fingerprint density at radius 3 is 2.68 bits per heavy atom. The zero-order chi connectivity index (χ0) is 14.8. The van der Waals surface area contributed by atoms with Crippen molar-refractivity contribution in [2.45, 2.75) is 25.8 Å². The fourth-order valence-corrected chi connectivity index (χ4v) is 2.41. The van der Waals surface area contributed by atoms with Gasteiger partial charge in [0.1, 0.15) is 0 Å². The van der Waals surface area contributed by atoms with E-state index in [2.05, 4.69) is 10.3 Å². The Morgan fingerprint density at radius 1 is 1.41 bits per heavy atom. The molecule has 1 aliphatic carbocycles. The quantitative estimate of drug-likeness (QED) is 0.886. The third-order valence-corrected chi connectivity index (χ3v) is 3.79. The van der Waals surface area contributed by atoms with E-state index in [1.807, 2.05) is 30.3 Å². The Bertz CT molecular complexity index is 638. The number of benzene rings is 1. The van der Waals surface area contributed by atoms with Crippen molar-refractivity contribution in [3.05, 3.63) is 41.8 Å². The highest BCUT2D eigenvalue weighted by atomic mass is 35.5. The third kappa shape index (κ3) is 3.48. The van der Waals surface area contributed by atoms with Crippen molar-refractivity contribution >= 4 is 18.3 Å². The molecule has 0 bridgehead atoms. The molecule has 0 spiro atoms. The van der Waals surface area contributed by atoms with E-state index in [0.717, 1.165) is 18.4 Å². The number of nitrogens with zero attached hydrogens (tertiary/aromatic N) is 1. The second kappa shape index (κ2) is 6.94. The Kier molecular flexibility index (Phi) is 5.21. The van der Waals surface area contributed by atoms with Crippen LogP contribution in [0.5, 0.6) is 0 Å². The maximum atomic E-state index is 12.3. The van der Waals surface area contributed by atoms with Gasteiger partial charge in [0.05, 0.1) is 5.69 Å². The van der Waals surface area contributed by atoms with Crippen molar-refractivity contribution < 1.29 is 9.21 Å². The first-order chi connectivity index (χ1) is 10.2. The van der Waals surface area contributed by atoms with Crippen molar-refractivity contribution in [1.29, 1.82) is 0 Å². The molecular formula is C16H20ClN3O2. The van der Waals surface area contributed by atoms with Crippen LogP contribution in [0.25, 0.3) is 11.5 Å². The van der Waals surface area contributed by atoms with E-state index < -0.39 is 0 Å². The molecule has 0 radical (unpaired) electrons. The zero-order valence-electron chi connectivity index (χ0n) is 12.4. The molecular weight excluding hydrogens is 302 g/mol. The van der Waals surface area contributed by atoms with Crippen LogP contribution in [-0.4, -0.2) is 23.5 Å². The summed E-state index contributed by atoms with van der Waals surface area (Å²) in [4.78, 5) is 16.6. The van der Waals surface area contributed by atoms with E-state index in [-0.39, 0.29) is 30.1 Å². The summed E-state index contributed by atoms with van der Waals surface area (Å²) in [7, 11) is 0. The number of carbonyl (C=O) groups excluding carboxylic acids is 1. The Balaban J connectivity index is 0.00000176. The molecule has 1 aliphatic rings. The molecule has 1 aromatic heterocycles. The standard InChI is InChI=1S/C16H19N3O2.ClH/c1-10-14(15(20)19-13(9-17)11-7-8-11)21-16(18-10)12-5-3-2-4-6-12;/h2-6,11,13H,7-9,17H2,1H3,(H,19,20);1H. The van der Waals surface area contributed by atoms with Gasteiger partial charge >= 0.3 is 0 Å². The molecule has 0 saturated heterocycles. The summed E-state index contributed by atoms with van der Waals surface area (Å²) >= 11 is 0. The Morgan fingerprint density at radius 2 is 2.09 bits per heavy atom. The number of amides is 1. The lowest BCUT2D eigenvalue weighted by atomic mass is 10.2. The van der Waals surface area contributed by atoms with E-state index in [4.69, 9.17) is 10.2 Å². The topological polar surface area (TPSA) is 81.2 Å². The van der Waals surface area contributed by atoms with Crippen LogP contribution in [-0.2, 0) is 0 Å². The summed E-state index contributed by atoms with van der Waals surface area (Å²) in [6.07, 6.45) is 2.26. The highest BCUT2D eigenvalue weighted by Gasteiger charge is 2.32.